The molecule has 0 saturated carbocycles. The van der Waals surface area contributed by atoms with Crippen molar-refractivity contribution in [2.45, 2.75) is 52.2 Å². The highest BCUT2D eigenvalue weighted by atomic mass is 127. The zero-order valence-electron chi connectivity index (χ0n) is 18.0. The number of nitrogens with one attached hydrogen (secondary N) is 3. The van der Waals surface area contributed by atoms with E-state index in [0.29, 0.717) is 19.6 Å². The standard InChI is InChI=1S/C20H35N5O3.HI/c1-5-21-18(22-10-11-23-19(26)28-20(2,3)4)24-15-16(17-9-8-14-27-17)25-12-6-7-13-25;/h8-9,14,16H,5-7,10-13,15H2,1-4H3,(H,23,26)(H2,21,22,24);1H. The van der Waals surface area contributed by atoms with Crippen LogP contribution in [0.3, 0.4) is 0 Å². The van der Waals surface area contributed by atoms with Crippen molar-refractivity contribution >= 4 is 36.0 Å². The molecule has 1 unspecified atom stereocenters. The molecule has 1 atom stereocenters. The van der Waals surface area contributed by atoms with Gasteiger partial charge in [0.25, 0.3) is 0 Å². The normalized spacial score (nSPS) is 16.1. The first kappa shape index (κ1) is 25.5. The van der Waals surface area contributed by atoms with Gasteiger partial charge in [0.2, 0.25) is 0 Å². The third kappa shape index (κ3) is 9.70. The maximum atomic E-state index is 11.7. The molecule has 2 rings (SSSR count). The maximum absolute atomic E-state index is 11.7. The van der Waals surface area contributed by atoms with Crippen LogP contribution in [0.2, 0.25) is 0 Å². The Balaban J connectivity index is 0.00000420. The SMILES string of the molecule is CCNC(=NCC(c1ccco1)N1CCCC1)NCCNC(=O)OC(C)(C)C.I. The van der Waals surface area contributed by atoms with Crippen LogP contribution in [0.4, 0.5) is 4.79 Å². The van der Waals surface area contributed by atoms with Crippen LogP contribution in [-0.4, -0.2) is 61.8 Å². The van der Waals surface area contributed by atoms with Crippen LogP contribution in [0.25, 0.3) is 0 Å². The van der Waals surface area contributed by atoms with Gasteiger partial charge < -0.3 is 25.1 Å². The summed E-state index contributed by atoms with van der Waals surface area (Å²) in [6.07, 6.45) is 3.74. The summed E-state index contributed by atoms with van der Waals surface area (Å²) in [6.45, 7) is 12.1. The van der Waals surface area contributed by atoms with Crippen molar-refractivity contribution in [3.05, 3.63) is 24.2 Å². The summed E-state index contributed by atoms with van der Waals surface area (Å²) >= 11 is 0. The lowest BCUT2D eigenvalue weighted by Gasteiger charge is -2.24. The van der Waals surface area contributed by atoms with Gasteiger partial charge in [-0.3, -0.25) is 9.89 Å². The zero-order valence-corrected chi connectivity index (χ0v) is 20.3. The number of rotatable bonds is 8. The average molecular weight is 521 g/mol. The number of halogens is 1. The molecule has 1 aromatic rings. The Morgan fingerprint density at radius 3 is 2.52 bits per heavy atom. The molecule has 3 N–H and O–H groups in total. The summed E-state index contributed by atoms with van der Waals surface area (Å²) < 4.78 is 10.9. The van der Waals surface area contributed by atoms with Gasteiger partial charge in [0.1, 0.15) is 11.4 Å². The fourth-order valence-corrected chi connectivity index (χ4v) is 3.10. The summed E-state index contributed by atoms with van der Waals surface area (Å²) in [4.78, 5) is 18.9. The third-order valence-corrected chi connectivity index (χ3v) is 4.31. The predicted molar refractivity (Wildman–Crippen MR) is 126 cm³/mol. The number of carbonyl (C=O) groups excluding carboxylic acids is 1. The van der Waals surface area contributed by atoms with Crippen LogP contribution < -0.4 is 16.0 Å². The van der Waals surface area contributed by atoms with Gasteiger partial charge in [0.05, 0.1) is 18.8 Å². The van der Waals surface area contributed by atoms with Crippen LogP contribution in [0.1, 0.15) is 52.3 Å². The number of amides is 1. The molecule has 1 amide bonds. The van der Waals surface area contributed by atoms with E-state index in [1.165, 1.54) is 12.8 Å². The highest BCUT2D eigenvalue weighted by Crippen LogP contribution is 2.25. The number of carbonyl (C=O) groups is 1. The Kier molecular flexibility index (Phi) is 11.4. The molecule has 166 valence electrons. The molecule has 0 bridgehead atoms. The second kappa shape index (κ2) is 12.9. The molecule has 29 heavy (non-hydrogen) atoms. The quantitative estimate of drug-likeness (QED) is 0.211. The van der Waals surface area contributed by atoms with E-state index in [1.54, 1.807) is 6.26 Å². The first-order valence-electron chi connectivity index (χ1n) is 10.2. The molecule has 8 nitrogen and oxygen atoms in total. The van der Waals surface area contributed by atoms with E-state index in [2.05, 4.69) is 20.9 Å². The number of hydrogen-bond donors (Lipinski definition) is 3. The van der Waals surface area contributed by atoms with E-state index in [-0.39, 0.29) is 30.0 Å². The molecule has 1 saturated heterocycles. The second-order valence-corrected chi connectivity index (χ2v) is 7.85. The van der Waals surface area contributed by atoms with Gasteiger partial charge >= 0.3 is 6.09 Å². The Hall–Kier alpha value is -1.49. The van der Waals surface area contributed by atoms with Crippen molar-refractivity contribution in [1.29, 1.82) is 0 Å². The van der Waals surface area contributed by atoms with Crippen LogP contribution >= 0.6 is 24.0 Å². The number of aliphatic imine (C=N–C) groups is 1. The van der Waals surface area contributed by atoms with Crippen LogP contribution in [0, 0.1) is 0 Å². The molecule has 0 aliphatic carbocycles. The molecular weight excluding hydrogens is 485 g/mol. The smallest absolute Gasteiger partial charge is 0.407 e. The molecule has 1 aliphatic heterocycles. The lowest BCUT2D eigenvalue weighted by molar-refractivity contribution is 0.0529. The van der Waals surface area contributed by atoms with E-state index in [0.717, 1.165) is 31.4 Å². The fourth-order valence-electron chi connectivity index (χ4n) is 3.10. The molecule has 1 fully saturated rings. The van der Waals surface area contributed by atoms with Gasteiger partial charge in [-0.05, 0) is 65.8 Å². The first-order chi connectivity index (χ1) is 13.4. The topological polar surface area (TPSA) is 91.1 Å². The minimum atomic E-state index is -0.496. The molecular formula is C20H36IN5O3. The molecule has 0 aromatic carbocycles. The van der Waals surface area contributed by atoms with Crippen molar-refractivity contribution in [3.8, 4) is 0 Å². The number of guanidine groups is 1. The Labute approximate surface area is 191 Å². The molecule has 1 aliphatic rings. The van der Waals surface area contributed by atoms with Crippen molar-refractivity contribution in [1.82, 2.24) is 20.9 Å². The van der Waals surface area contributed by atoms with Gasteiger partial charge in [0, 0.05) is 19.6 Å². The number of nitrogens with zero attached hydrogens (tertiary/aromatic N) is 2. The lowest BCUT2D eigenvalue weighted by atomic mass is 10.2. The van der Waals surface area contributed by atoms with Gasteiger partial charge in [-0.1, -0.05) is 0 Å². The Morgan fingerprint density at radius 2 is 1.93 bits per heavy atom. The molecule has 0 radical (unpaired) electrons. The maximum Gasteiger partial charge on any atom is 0.407 e. The van der Waals surface area contributed by atoms with E-state index < -0.39 is 11.7 Å². The van der Waals surface area contributed by atoms with Crippen LogP contribution in [0.5, 0.6) is 0 Å². The summed E-state index contributed by atoms with van der Waals surface area (Å²) in [5, 5.41) is 9.23. The van der Waals surface area contributed by atoms with E-state index in [1.807, 2.05) is 39.8 Å². The van der Waals surface area contributed by atoms with Crippen molar-refractivity contribution in [2.75, 3.05) is 39.3 Å². The predicted octanol–water partition coefficient (Wildman–Crippen LogP) is 3.11. The zero-order chi connectivity index (χ0) is 20.4. The highest BCUT2D eigenvalue weighted by molar-refractivity contribution is 14.0. The fraction of sp³-hybridized carbons (Fsp3) is 0.700. The third-order valence-electron chi connectivity index (χ3n) is 4.31. The summed E-state index contributed by atoms with van der Waals surface area (Å²) in [7, 11) is 0. The molecule has 1 aromatic heterocycles. The Bertz CT molecular complexity index is 610. The minimum Gasteiger partial charge on any atom is -0.468 e. The number of ether oxygens (including phenoxy) is 1. The van der Waals surface area contributed by atoms with Crippen LogP contribution in [0.15, 0.2) is 27.8 Å². The lowest BCUT2D eigenvalue weighted by Crippen LogP contribution is -2.43. The van der Waals surface area contributed by atoms with Crippen LogP contribution in [-0.2, 0) is 4.74 Å². The van der Waals surface area contributed by atoms with Gasteiger partial charge in [0.15, 0.2) is 5.96 Å². The number of likely N-dealkylation sites (tertiary alicyclic amines) is 1. The molecule has 9 heteroatoms. The van der Waals surface area contributed by atoms with E-state index in [4.69, 9.17) is 14.1 Å². The number of alkyl carbamates (subject to hydrolysis) is 1. The van der Waals surface area contributed by atoms with Crippen molar-refractivity contribution < 1.29 is 13.9 Å². The highest BCUT2D eigenvalue weighted by Gasteiger charge is 2.25. The monoisotopic (exact) mass is 521 g/mol. The molecule has 0 spiro atoms. The van der Waals surface area contributed by atoms with Gasteiger partial charge in [-0.2, -0.15) is 0 Å². The molecule has 2 heterocycles. The van der Waals surface area contributed by atoms with Crippen molar-refractivity contribution in [2.24, 2.45) is 4.99 Å². The first-order valence-corrected chi connectivity index (χ1v) is 10.2. The van der Waals surface area contributed by atoms with Gasteiger partial charge in [-0.25, -0.2) is 4.79 Å². The summed E-state index contributed by atoms with van der Waals surface area (Å²) in [5.74, 6) is 1.68. The largest absolute Gasteiger partial charge is 0.468 e. The summed E-state index contributed by atoms with van der Waals surface area (Å²) in [5.41, 5.74) is -0.496. The van der Waals surface area contributed by atoms with E-state index >= 15 is 0 Å². The van der Waals surface area contributed by atoms with Crippen molar-refractivity contribution in [3.63, 3.8) is 0 Å². The average Bonchev–Trinajstić information content (AvgIpc) is 3.31. The summed E-state index contributed by atoms with van der Waals surface area (Å²) in [6, 6.07) is 4.09. The second-order valence-electron chi connectivity index (χ2n) is 7.85. The Morgan fingerprint density at radius 1 is 1.24 bits per heavy atom. The number of furan rings is 1. The van der Waals surface area contributed by atoms with Gasteiger partial charge in [-0.15, -0.1) is 24.0 Å². The van der Waals surface area contributed by atoms with E-state index in [9.17, 15) is 4.79 Å². The minimum absolute atomic E-state index is 0. The number of hydrogen-bond acceptors (Lipinski definition) is 5.